The third-order valence-corrected chi connectivity index (χ3v) is 4.16. The third kappa shape index (κ3) is 5.01. The molecule has 0 bridgehead atoms. The van der Waals surface area contributed by atoms with Crippen molar-refractivity contribution >= 4 is 7.28 Å². The Hall–Kier alpha value is -1.58. The zero-order valence-electron chi connectivity index (χ0n) is 13.5. The summed E-state index contributed by atoms with van der Waals surface area (Å²) in [6.45, 7) is 8.51. The van der Waals surface area contributed by atoms with Crippen LogP contribution in [0.4, 0.5) is 0 Å². The van der Waals surface area contributed by atoms with Gasteiger partial charge in [0.25, 0.3) is 0 Å². The van der Waals surface area contributed by atoms with Gasteiger partial charge in [-0.05, 0) is 30.8 Å². The lowest BCUT2D eigenvalue weighted by atomic mass is 9.64. The second kappa shape index (κ2) is 8.77. The summed E-state index contributed by atoms with van der Waals surface area (Å²) >= 11 is 0. The summed E-state index contributed by atoms with van der Waals surface area (Å²) in [4.78, 5) is 2.36. The van der Waals surface area contributed by atoms with Crippen LogP contribution in [0.15, 0.2) is 60.6 Å². The van der Waals surface area contributed by atoms with E-state index in [1.165, 1.54) is 16.6 Å². The van der Waals surface area contributed by atoms with Gasteiger partial charge in [0.2, 0.25) is 0 Å². The van der Waals surface area contributed by atoms with Crippen LogP contribution in [-0.4, -0.2) is 36.5 Å². The first-order chi connectivity index (χ1) is 10.7. The molecule has 22 heavy (non-hydrogen) atoms. The Balaban J connectivity index is 1.82. The summed E-state index contributed by atoms with van der Waals surface area (Å²) in [6.07, 6.45) is 9.55. The van der Waals surface area contributed by atoms with Crippen LogP contribution in [0.1, 0.15) is 18.1 Å². The number of β-amino-alcohol motifs (C(OH)–C–C–N with tert-alkyl or cyclic N) is 1. The number of hydrogen-bond acceptors (Lipinski definition) is 2. The third-order valence-electron chi connectivity index (χ3n) is 4.16. The van der Waals surface area contributed by atoms with Crippen molar-refractivity contribution in [3.63, 3.8) is 0 Å². The topological polar surface area (TPSA) is 23.5 Å². The minimum atomic E-state index is -0.274. The predicted molar refractivity (Wildman–Crippen MR) is 96.5 cm³/mol. The molecular weight excluding hydrogens is 269 g/mol. The lowest BCUT2D eigenvalue weighted by Crippen LogP contribution is -2.37. The van der Waals surface area contributed by atoms with Crippen LogP contribution in [0.5, 0.6) is 0 Å². The maximum Gasteiger partial charge on any atom is 0.160 e. The number of aliphatic hydroxyl groups excluding tert-OH is 1. The first kappa shape index (κ1) is 16.8. The van der Waals surface area contributed by atoms with Gasteiger partial charge in [-0.25, -0.2) is 0 Å². The van der Waals surface area contributed by atoms with E-state index >= 15 is 0 Å². The standard InChI is InChI=1S/C19H26BNO/c1-3-7-18(8-4-2)20-13-19(22)15-21-12-11-16-9-5-6-10-17(16)14-21/h3-10,19-20,22H,1,11-15H2,2H3/b8-4-,18-7+. The van der Waals surface area contributed by atoms with E-state index in [9.17, 15) is 5.11 Å². The van der Waals surface area contributed by atoms with E-state index in [2.05, 4.69) is 41.8 Å². The van der Waals surface area contributed by atoms with E-state index < -0.39 is 0 Å². The van der Waals surface area contributed by atoms with Gasteiger partial charge in [0.15, 0.2) is 7.28 Å². The van der Waals surface area contributed by atoms with Crippen molar-refractivity contribution in [2.24, 2.45) is 0 Å². The first-order valence-corrected chi connectivity index (χ1v) is 8.14. The number of allylic oxidation sites excluding steroid dienone is 5. The normalized spacial score (nSPS) is 17.3. The van der Waals surface area contributed by atoms with Gasteiger partial charge < -0.3 is 5.11 Å². The summed E-state index contributed by atoms with van der Waals surface area (Å²) in [7, 11) is 0.891. The van der Waals surface area contributed by atoms with Gasteiger partial charge in [-0.15, -0.1) is 0 Å². The minimum Gasteiger partial charge on any atom is -0.393 e. The molecule has 0 saturated carbocycles. The summed E-state index contributed by atoms with van der Waals surface area (Å²) in [5.41, 5.74) is 4.08. The summed E-state index contributed by atoms with van der Waals surface area (Å²) in [6, 6.07) is 8.62. The van der Waals surface area contributed by atoms with Gasteiger partial charge >= 0.3 is 0 Å². The zero-order chi connectivity index (χ0) is 15.8. The molecule has 0 saturated heterocycles. The Labute approximate surface area is 135 Å². The van der Waals surface area contributed by atoms with E-state index in [1.807, 2.05) is 25.2 Å². The number of aliphatic hydroxyl groups is 1. The summed E-state index contributed by atoms with van der Waals surface area (Å²) in [5, 5.41) is 10.3. The second-order valence-corrected chi connectivity index (χ2v) is 5.92. The molecule has 1 N–H and O–H groups in total. The number of benzene rings is 1. The van der Waals surface area contributed by atoms with Gasteiger partial charge in [-0.2, -0.15) is 0 Å². The summed E-state index contributed by atoms with van der Waals surface area (Å²) in [5.74, 6) is 0. The van der Waals surface area contributed by atoms with Crippen molar-refractivity contribution in [2.45, 2.75) is 32.3 Å². The SMILES string of the molecule is C=C/C=C(BCC(O)CN1CCc2ccccc2C1)\C=C/C. The minimum absolute atomic E-state index is 0.274. The van der Waals surface area contributed by atoms with Crippen molar-refractivity contribution in [2.75, 3.05) is 13.1 Å². The molecule has 0 radical (unpaired) electrons. The fraction of sp³-hybridized carbons (Fsp3) is 0.368. The molecule has 0 amide bonds. The van der Waals surface area contributed by atoms with Crippen LogP contribution < -0.4 is 0 Å². The molecule has 2 rings (SSSR count). The predicted octanol–water partition coefficient (Wildman–Crippen LogP) is 2.91. The van der Waals surface area contributed by atoms with Crippen molar-refractivity contribution in [1.29, 1.82) is 0 Å². The maximum atomic E-state index is 10.3. The van der Waals surface area contributed by atoms with Crippen LogP contribution in [0.25, 0.3) is 0 Å². The quantitative estimate of drug-likeness (QED) is 0.617. The smallest absolute Gasteiger partial charge is 0.160 e. The van der Waals surface area contributed by atoms with Gasteiger partial charge in [-0.3, -0.25) is 4.90 Å². The lowest BCUT2D eigenvalue weighted by Gasteiger charge is -2.30. The van der Waals surface area contributed by atoms with Gasteiger partial charge in [0.1, 0.15) is 0 Å². The molecule has 1 heterocycles. The number of rotatable bonds is 7. The van der Waals surface area contributed by atoms with E-state index in [0.717, 1.165) is 39.7 Å². The Morgan fingerprint density at radius 3 is 2.91 bits per heavy atom. The number of fused-ring (bicyclic) bond motifs is 1. The molecule has 116 valence electrons. The van der Waals surface area contributed by atoms with Crippen molar-refractivity contribution in [3.8, 4) is 0 Å². The number of nitrogens with zero attached hydrogens (tertiary/aromatic N) is 1. The Morgan fingerprint density at radius 2 is 2.18 bits per heavy atom. The molecule has 1 atom stereocenters. The average molecular weight is 295 g/mol. The molecule has 1 aromatic carbocycles. The second-order valence-electron chi connectivity index (χ2n) is 5.92. The highest BCUT2D eigenvalue weighted by atomic mass is 16.3. The van der Waals surface area contributed by atoms with E-state index in [1.54, 1.807) is 0 Å². The summed E-state index contributed by atoms with van der Waals surface area (Å²) < 4.78 is 0. The highest BCUT2D eigenvalue weighted by molar-refractivity contribution is 6.46. The van der Waals surface area contributed by atoms with Crippen LogP contribution in [0.2, 0.25) is 6.32 Å². The van der Waals surface area contributed by atoms with Crippen LogP contribution in [0.3, 0.4) is 0 Å². The van der Waals surface area contributed by atoms with Crippen LogP contribution >= 0.6 is 0 Å². The molecule has 1 aliphatic rings. The van der Waals surface area contributed by atoms with E-state index in [4.69, 9.17) is 0 Å². The maximum absolute atomic E-state index is 10.3. The Bertz CT molecular complexity index is 550. The number of hydrogen-bond donors (Lipinski definition) is 1. The molecule has 3 heteroatoms. The molecule has 1 aromatic rings. The van der Waals surface area contributed by atoms with Crippen molar-refractivity contribution in [3.05, 3.63) is 71.7 Å². The molecule has 1 unspecified atom stereocenters. The fourth-order valence-corrected chi connectivity index (χ4v) is 3.02. The van der Waals surface area contributed by atoms with Crippen LogP contribution in [0, 0.1) is 0 Å². The Morgan fingerprint density at radius 1 is 1.41 bits per heavy atom. The molecule has 0 spiro atoms. The highest BCUT2D eigenvalue weighted by Crippen LogP contribution is 2.18. The van der Waals surface area contributed by atoms with E-state index in [0.29, 0.717) is 0 Å². The average Bonchev–Trinajstić information content (AvgIpc) is 2.53. The zero-order valence-corrected chi connectivity index (χ0v) is 13.5. The van der Waals surface area contributed by atoms with Gasteiger partial charge in [0, 0.05) is 19.6 Å². The van der Waals surface area contributed by atoms with Gasteiger partial charge in [0.05, 0.1) is 6.10 Å². The molecule has 2 nitrogen and oxygen atoms in total. The largest absolute Gasteiger partial charge is 0.393 e. The highest BCUT2D eigenvalue weighted by Gasteiger charge is 2.18. The lowest BCUT2D eigenvalue weighted by molar-refractivity contribution is 0.119. The first-order valence-electron chi connectivity index (χ1n) is 8.14. The van der Waals surface area contributed by atoms with Crippen LogP contribution in [-0.2, 0) is 13.0 Å². The molecule has 0 aliphatic carbocycles. The fourth-order valence-electron chi connectivity index (χ4n) is 3.02. The van der Waals surface area contributed by atoms with Crippen molar-refractivity contribution < 1.29 is 5.11 Å². The van der Waals surface area contributed by atoms with Gasteiger partial charge in [-0.1, -0.05) is 60.6 Å². The molecular formula is C19H26BNO. The van der Waals surface area contributed by atoms with Crippen molar-refractivity contribution in [1.82, 2.24) is 4.90 Å². The molecule has 0 aromatic heterocycles. The molecule has 1 aliphatic heterocycles. The Kier molecular flexibility index (Phi) is 6.69. The molecule has 0 fully saturated rings. The van der Waals surface area contributed by atoms with E-state index in [-0.39, 0.29) is 6.10 Å². The monoisotopic (exact) mass is 295 g/mol.